The van der Waals surface area contributed by atoms with Gasteiger partial charge in [-0.25, -0.2) is 13.4 Å². The van der Waals surface area contributed by atoms with Gasteiger partial charge in [0.15, 0.2) is 5.03 Å². The van der Waals surface area contributed by atoms with E-state index < -0.39 is 9.05 Å². The summed E-state index contributed by atoms with van der Waals surface area (Å²) in [6.07, 6.45) is 1.31. The Kier molecular flexibility index (Phi) is 5.21. The molecule has 0 saturated heterocycles. The normalized spacial score (nSPS) is 12.2. The lowest BCUT2D eigenvalue weighted by Gasteiger charge is -2.22. The second-order valence-corrected chi connectivity index (χ2v) is 7.77. The van der Waals surface area contributed by atoms with Gasteiger partial charge in [0.2, 0.25) is 5.91 Å². The second kappa shape index (κ2) is 6.13. The Balaban J connectivity index is 3.12. The minimum atomic E-state index is -3.90. The Morgan fingerprint density at radius 1 is 1.40 bits per heavy atom. The summed E-state index contributed by atoms with van der Waals surface area (Å²) in [5.41, 5.74) is 0. The van der Waals surface area contributed by atoms with Crippen LogP contribution in [0.4, 0.5) is 0 Å². The van der Waals surface area contributed by atoms with Gasteiger partial charge in [0, 0.05) is 35.9 Å². The number of carbonyl (C=O) groups excluding carboxylic acids is 1. The van der Waals surface area contributed by atoms with Crippen molar-refractivity contribution in [1.82, 2.24) is 14.5 Å². The van der Waals surface area contributed by atoms with E-state index in [1.54, 1.807) is 16.5 Å². The molecule has 1 aromatic rings. The highest BCUT2D eigenvalue weighted by atomic mass is 35.7. The monoisotopic (exact) mass is 321 g/mol. The number of imidazole rings is 1. The molecule has 0 unspecified atom stereocenters. The fourth-order valence-corrected chi connectivity index (χ4v) is 2.33. The Morgan fingerprint density at radius 3 is 2.35 bits per heavy atom. The van der Waals surface area contributed by atoms with E-state index in [2.05, 4.69) is 4.98 Å². The van der Waals surface area contributed by atoms with Crippen LogP contribution in [0.15, 0.2) is 11.2 Å². The maximum Gasteiger partial charge on any atom is 0.280 e. The zero-order chi connectivity index (χ0) is 15.7. The highest BCUT2D eigenvalue weighted by Gasteiger charge is 2.22. The average Bonchev–Trinajstić information content (AvgIpc) is 2.71. The fourth-order valence-electron chi connectivity index (χ4n) is 1.66. The third-order valence-electron chi connectivity index (χ3n) is 3.03. The number of nitrogens with zero attached hydrogens (tertiary/aromatic N) is 3. The zero-order valence-electron chi connectivity index (χ0n) is 12.3. The number of likely N-dealkylation sites (N-methyl/N-ethyl adjacent to an activating group) is 1. The van der Waals surface area contributed by atoms with E-state index in [0.717, 1.165) is 0 Å². The lowest BCUT2D eigenvalue weighted by molar-refractivity contribution is -0.132. The van der Waals surface area contributed by atoms with Crippen molar-refractivity contribution in [2.45, 2.75) is 51.2 Å². The van der Waals surface area contributed by atoms with Crippen LogP contribution in [0.3, 0.4) is 0 Å². The van der Waals surface area contributed by atoms with Crippen molar-refractivity contribution in [3.05, 3.63) is 12.0 Å². The van der Waals surface area contributed by atoms with Crippen molar-refractivity contribution in [3.63, 3.8) is 0 Å². The van der Waals surface area contributed by atoms with E-state index in [1.807, 2.05) is 27.7 Å². The second-order valence-electron chi connectivity index (χ2n) is 5.26. The highest BCUT2D eigenvalue weighted by Crippen LogP contribution is 2.20. The predicted molar refractivity (Wildman–Crippen MR) is 77.3 cm³/mol. The summed E-state index contributed by atoms with van der Waals surface area (Å²) in [5, 5.41) is -0.220. The molecule has 20 heavy (non-hydrogen) atoms. The van der Waals surface area contributed by atoms with Gasteiger partial charge in [-0.15, -0.1) is 0 Å². The van der Waals surface area contributed by atoms with Gasteiger partial charge in [0.05, 0.1) is 0 Å². The number of amides is 1. The number of carbonyl (C=O) groups is 1. The molecule has 0 N–H and O–H groups in total. The van der Waals surface area contributed by atoms with E-state index >= 15 is 0 Å². The number of hydrogen-bond acceptors (Lipinski definition) is 4. The predicted octanol–water partition coefficient (Wildman–Crippen LogP) is 1.80. The molecule has 0 aliphatic carbocycles. The number of hydrogen-bond donors (Lipinski definition) is 0. The molecular weight excluding hydrogens is 302 g/mol. The Labute approximate surface area is 124 Å². The van der Waals surface area contributed by atoms with E-state index in [0.29, 0.717) is 5.82 Å². The average molecular weight is 322 g/mol. The van der Waals surface area contributed by atoms with Gasteiger partial charge < -0.3 is 9.47 Å². The first kappa shape index (κ1) is 17.0. The molecule has 0 radical (unpaired) electrons. The molecule has 114 valence electrons. The molecule has 0 spiro atoms. The lowest BCUT2D eigenvalue weighted by Crippen LogP contribution is -2.35. The fraction of sp³-hybridized carbons (Fsp3) is 0.667. The maximum atomic E-state index is 12.1. The molecular formula is C12H20ClN3O3S. The minimum Gasteiger partial charge on any atom is -0.342 e. The van der Waals surface area contributed by atoms with Gasteiger partial charge in [-0.3, -0.25) is 4.79 Å². The van der Waals surface area contributed by atoms with Crippen LogP contribution in [0, 0.1) is 0 Å². The van der Waals surface area contributed by atoms with Gasteiger partial charge in [-0.1, -0.05) is 13.8 Å². The molecule has 0 fully saturated rings. The Hall–Kier alpha value is -1.08. The molecule has 0 atom stereocenters. The quantitative estimate of drug-likeness (QED) is 0.775. The topological polar surface area (TPSA) is 72.3 Å². The SMILES string of the molecule is CC(C)c1nc(S(=O)(=O)Cl)cn1CC(=O)N(C)C(C)C. The largest absolute Gasteiger partial charge is 0.342 e. The van der Waals surface area contributed by atoms with Crippen molar-refractivity contribution >= 4 is 25.6 Å². The molecule has 1 aromatic heterocycles. The van der Waals surface area contributed by atoms with E-state index in [1.165, 1.54) is 6.20 Å². The number of rotatable bonds is 5. The van der Waals surface area contributed by atoms with Gasteiger partial charge in [-0.05, 0) is 13.8 Å². The van der Waals surface area contributed by atoms with Crippen LogP contribution in [0.25, 0.3) is 0 Å². The van der Waals surface area contributed by atoms with Crippen molar-refractivity contribution in [3.8, 4) is 0 Å². The molecule has 0 bridgehead atoms. The molecule has 0 saturated carbocycles. The van der Waals surface area contributed by atoms with E-state index in [9.17, 15) is 13.2 Å². The highest BCUT2D eigenvalue weighted by molar-refractivity contribution is 8.13. The molecule has 1 rings (SSSR count). The number of aromatic nitrogens is 2. The van der Waals surface area contributed by atoms with Gasteiger partial charge in [0.1, 0.15) is 12.4 Å². The van der Waals surface area contributed by atoms with Crippen LogP contribution in [0.5, 0.6) is 0 Å². The summed E-state index contributed by atoms with van der Waals surface area (Å²) in [5.74, 6) is 0.395. The van der Waals surface area contributed by atoms with Crippen LogP contribution >= 0.6 is 10.7 Å². The first-order chi connectivity index (χ1) is 9.04. The third kappa shape index (κ3) is 3.96. The molecule has 8 heteroatoms. The Bertz CT molecular complexity index is 593. The van der Waals surface area contributed by atoms with Crippen LogP contribution in [-0.2, 0) is 20.4 Å². The molecule has 0 aliphatic heterocycles. The van der Waals surface area contributed by atoms with Gasteiger partial charge in [-0.2, -0.15) is 0 Å². The van der Waals surface area contributed by atoms with Crippen LogP contribution in [0.2, 0.25) is 0 Å². The molecule has 1 heterocycles. The summed E-state index contributed by atoms with van der Waals surface area (Å²) >= 11 is 0. The smallest absolute Gasteiger partial charge is 0.280 e. The van der Waals surface area contributed by atoms with Crippen LogP contribution < -0.4 is 0 Å². The summed E-state index contributed by atoms with van der Waals surface area (Å²) in [6, 6.07) is 0.0738. The standard InChI is InChI=1S/C12H20ClN3O3S/c1-8(2)12-14-10(20(13,18)19)6-16(12)7-11(17)15(5)9(3)4/h6,8-9H,7H2,1-5H3. The summed E-state index contributed by atoms with van der Waals surface area (Å²) in [6.45, 7) is 7.61. The molecule has 0 aliphatic rings. The van der Waals surface area contributed by atoms with Crippen LogP contribution in [-0.4, -0.2) is 41.9 Å². The van der Waals surface area contributed by atoms with Crippen LogP contribution in [0.1, 0.15) is 39.4 Å². The van der Waals surface area contributed by atoms with Crippen molar-refractivity contribution in [2.24, 2.45) is 0 Å². The molecule has 1 amide bonds. The molecule has 0 aromatic carbocycles. The maximum absolute atomic E-state index is 12.1. The van der Waals surface area contributed by atoms with Gasteiger partial charge >= 0.3 is 0 Å². The zero-order valence-corrected chi connectivity index (χ0v) is 13.9. The summed E-state index contributed by atoms with van der Waals surface area (Å²) in [4.78, 5) is 17.7. The van der Waals surface area contributed by atoms with Crippen molar-refractivity contribution < 1.29 is 13.2 Å². The first-order valence-corrected chi connectivity index (χ1v) is 8.62. The lowest BCUT2D eigenvalue weighted by atomic mass is 10.2. The van der Waals surface area contributed by atoms with E-state index in [-0.39, 0.29) is 29.4 Å². The van der Waals surface area contributed by atoms with E-state index in [4.69, 9.17) is 10.7 Å². The number of halogens is 1. The van der Waals surface area contributed by atoms with Crippen molar-refractivity contribution in [2.75, 3.05) is 7.05 Å². The van der Waals surface area contributed by atoms with Crippen molar-refractivity contribution in [1.29, 1.82) is 0 Å². The summed E-state index contributed by atoms with van der Waals surface area (Å²) < 4.78 is 24.2. The first-order valence-electron chi connectivity index (χ1n) is 6.31. The minimum absolute atomic E-state index is 0.0145. The summed E-state index contributed by atoms with van der Waals surface area (Å²) in [7, 11) is 3.11. The van der Waals surface area contributed by atoms with Gasteiger partial charge in [0.25, 0.3) is 9.05 Å². The molecule has 6 nitrogen and oxygen atoms in total. The third-order valence-corrected chi connectivity index (χ3v) is 4.20. The Morgan fingerprint density at radius 2 is 1.95 bits per heavy atom.